The van der Waals surface area contributed by atoms with E-state index in [0.717, 1.165) is 25.8 Å². The molecule has 8 heteroatoms. The molecule has 0 bridgehead atoms. The first kappa shape index (κ1) is 19.0. The van der Waals surface area contributed by atoms with Crippen molar-refractivity contribution in [3.05, 3.63) is 57.6 Å². The van der Waals surface area contributed by atoms with Crippen LogP contribution in [0, 0.1) is 0 Å². The molecule has 142 valence electrons. The van der Waals surface area contributed by atoms with Gasteiger partial charge in [-0.2, -0.15) is 0 Å². The molecule has 0 atom stereocenters. The van der Waals surface area contributed by atoms with E-state index in [4.69, 9.17) is 21.1 Å². The van der Waals surface area contributed by atoms with Crippen molar-refractivity contribution in [1.29, 1.82) is 0 Å². The van der Waals surface area contributed by atoms with E-state index < -0.39 is 0 Å². The van der Waals surface area contributed by atoms with Crippen molar-refractivity contribution >= 4 is 60.6 Å². The number of ether oxygens (including phenoxy) is 2. The molecule has 4 aromatic rings. The average molecular weight is 477 g/mol. The second kappa shape index (κ2) is 7.95. The van der Waals surface area contributed by atoms with Crippen LogP contribution in [-0.4, -0.2) is 24.2 Å². The number of rotatable bonds is 5. The Kier molecular flexibility index (Phi) is 5.39. The van der Waals surface area contributed by atoms with Gasteiger partial charge in [0.05, 0.1) is 30.3 Å². The van der Waals surface area contributed by atoms with Crippen molar-refractivity contribution < 1.29 is 9.47 Å². The quantitative estimate of drug-likeness (QED) is 0.355. The SMILES string of the molecule is COc1cc(Nc2ncnc3scc(-c4ccc(Br)cc4)c23)c(OC)cc1Cl. The molecule has 5 nitrogen and oxygen atoms in total. The second-order valence-corrected chi connectivity index (χ2v) is 8.05. The molecule has 0 aliphatic carbocycles. The fourth-order valence-corrected chi connectivity index (χ4v) is 4.31. The number of aromatic nitrogens is 2. The standard InChI is InChI=1S/C20H15BrClN3O2S/c1-26-16-8-15(17(27-2)7-14(16)22)25-19-18-13(9-28-20(18)24-10-23-19)11-3-5-12(21)6-4-11/h3-10H,1-2H3,(H,23,24,25). The lowest BCUT2D eigenvalue weighted by atomic mass is 10.1. The number of nitrogens with one attached hydrogen (secondary N) is 1. The van der Waals surface area contributed by atoms with Crippen molar-refractivity contribution in [1.82, 2.24) is 9.97 Å². The molecule has 2 aromatic heterocycles. The molecule has 2 aromatic carbocycles. The molecule has 28 heavy (non-hydrogen) atoms. The lowest BCUT2D eigenvalue weighted by Gasteiger charge is -2.14. The number of nitrogens with zero attached hydrogens (tertiary/aromatic N) is 2. The molecule has 2 heterocycles. The highest BCUT2D eigenvalue weighted by Gasteiger charge is 2.16. The van der Waals surface area contributed by atoms with Crippen LogP contribution in [0.5, 0.6) is 11.5 Å². The fraction of sp³-hybridized carbons (Fsp3) is 0.100. The third kappa shape index (κ3) is 3.53. The molecule has 0 radical (unpaired) electrons. The van der Waals surface area contributed by atoms with Crippen LogP contribution in [0.2, 0.25) is 5.02 Å². The van der Waals surface area contributed by atoms with E-state index in [2.05, 4.69) is 48.7 Å². The summed E-state index contributed by atoms with van der Waals surface area (Å²) in [5.74, 6) is 1.83. The summed E-state index contributed by atoms with van der Waals surface area (Å²) in [7, 11) is 3.17. The molecule has 1 N–H and O–H groups in total. The van der Waals surface area contributed by atoms with Gasteiger partial charge in [0.2, 0.25) is 0 Å². The number of halogens is 2. The molecule has 0 spiro atoms. The zero-order valence-electron chi connectivity index (χ0n) is 15.0. The topological polar surface area (TPSA) is 56.3 Å². The van der Waals surface area contributed by atoms with Crippen LogP contribution in [0.25, 0.3) is 21.3 Å². The maximum atomic E-state index is 6.22. The summed E-state index contributed by atoms with van der Waals surface area (Å²) < 4.78 is 11.8. The van der Waals surface area contributed by atoms with E-state index in [-0.39, 0.29) is 0 Å². The third-order valence-corrected chi connectivity index (χ3v) is 5.96. The van der Waals surface area contributed by atoms with E-state index >= 15 is 0 Å². The van der Waals surface area contributed by atoms with Crippen LogP contribution in [0.3, 0.4) is 0 Å². The highest BCUT2D eigenvalue weighted by atomic mass is 79.9. The molecule has 0 saturated heterocycles. The molecule has 0 amide bonds. The first-order chi connectivity index (χ1) is 13.6. The second-order valence-electron chi connectivity index (χ2n) is 5.87. The summed E-state index contributed by atoms with van der Waals surface area (Å²) in [4.78, 5) is 9.79. The van der Waals surface area contributed by atoms with Gasteiger partial charge >= 0.3 is 0 Å². The van der Waals surface area contributed by atoms with Crippen LogP contribution >= 0.6 is 38.9 Å². The van der Waals surface area contributed by atoms with Gasteiger partial charge in [-0.3, -0.25) is 0 Å². The van der Waals surface area contributed by atoms with Crippen LogP contribution in [0.4, 0.5) is 11.5 Å². The first-order valence-corrected chi connectivity index (χ1v) is 10.3. The van der Waals surface area contributed by atoms with E-state index in [1.165, 1.54) is 0 Å². The minimum Gasteiger partial charge on any atom is -0.495 e. The van der Waals surface area contributed by atoms with Crippen molar-refractivity contribution in [2.45, 2.75) is 0 Å². The van der Waals surface area contributed by atoms with Gasteiger partial charge in [0.25, 0.3) is 0 Å². The Labute approximate surface area is 179 Å². The van der Waals surface area contributed by atoms with Gasteiger partial charge in [-0.15, -0.1) is 11.3 Å². The maximum Gasteiger partial charge on any atom is 0.144 e. The number of hydrogen-bond acceptors (Lipinski definition) is 6. The number of anilines is 2. The minimum absolute atomic E-state index is 0.476. The average Bonchev–Trinajstić information content (AvgIpc) is 3.14. The van der Waals surface area contributed by atoms with Crippen molar-refractivity contribution in [3.63, 3.8) is 0 Å². The number of hydrogen-bond donors (Lipinski definition) is 1. The molecular formula is C20H15BrClN3O2S. The summed E-state index contributed by atoms with van der Waals surface area (Å²) in [6, 6.07) is 11.7. The summed E-state index contributed by atoms with van der Waals surface area (Å²) in [5, 5.41) is 6.87. The predicted molar refractivity (Wildman–Crippen MR) is 118 cm³/mol. The Bertz CT molecular complexity index is 1150. The Morgan fingerprint density at radius 2 is 1.79 bits per heavy atom. The third-order valence-electron chi connectivity index (χ3n) is 4.25. The van der Waals surface area contributed by atoms with E-state index in [0.29, 0.717) is 28.0 Å². The van der Waals surface area contributed by atoms with Crippen molar-refractivity contribution in [3.8, 4) is 22.6 Å². The first-order valence-electron chi connectivity index (χ1n) is 8.27. The number of fused-ring (bicyclic) bond motifs is 1. The van der Waals surface area contributed by atoms with Crippen molar-refractivity contribution in [2.24, 2.45) is 0 Å². The normalized spacial score (nSPS) is 10.9. The van der Waals surface area contributed by atoms with E-state index in [1.54, 1.807) is 44.0 Å². The van der Waals surface area contributed by atoms with Crippen LogP contribution < -0.4 is 14.8 Å². The Hall–Kier alpha value is -2.35. The summed E-state index contributed by atoms with van der Waals surface area (Å²) in [6.45, 7) is 0. The Morgan fingerprint density at radius 3 is 2.50 bits per heavy atom. The molecular weight excluding hydrogens is 462 g/mol. The lowest BCUT2D eigenvalue weighted by Crippen LogP contribution is -1.99. The van der Waals surface area contributed by atoms with E-state index in [1.807, 2.05) is 12.1 Å². The number of thiophene rings is 1. The Balaban J connectivity index is 1.84. The molecule has 0 aliphatic heterocycles. The number of benzene rings is 2. The van der Waals surface area contributed by atoms with Gasteiger partial charge in [0.15, 0.2) is 0 Å². The summed E-state index contributed by atoms with van der Waals surface area (Å²) in [6.07, 6.45) is 1.55. The fourth-order valence-electron chi connectivity index (χ4n) is 2.90. The van der Waals surface area contributed by atoms with Gasteiger partial charge in [-0.1, -0.05) is 39.7 Å². The molecule has 0 saturated carbocycles. The zero-order valence-corrected chi connectivity index (χ0v) is 18.2. The van der Waals surface area contributed by atoms with Gasteiger partial charge in [-0.25, -0.2) is 9.97 Å². The zero-order chi connectivity index (χ0) is 19.7. The monoisotopic (exact) mass is 475 g/mol. The molecule has 0 aliphatic rings. The van der Waals surface area contributed by atoms with Crippen molar-refractivity contribution in [2.75, 3.05) is 19.5 Å². The van der Waals surface area contributed by atoms with Gasteiger partial charge in [-0.05, 0) is 17.7 Å². The van der Waals surface area contributed by atoms with E-state index in [9.17, 15) is 0 Å². The van der Waals surface area contributed by atoms with Gasteiger partial charge in [0.1, 0.15) is 28.5 Å². The van der Waals surface area contributed by atoms with Crippen LogP contribution in [0.15, 0.2) is 52.6 Å². The molecule has 0 unspecified atom stereocenters. The maximum absolute atomic E-state index is 6.22. The van der Waals surface area contributed by atoms with Crippen LogP contribution in [0.1, 0.15) is 0 Å². The van der Waals surface area contributed by atoms with Gasteiger partial charge < -0.3 is 14.8 Å². The predicted octanol–water partition coefficient (Wildman–Crippen LogP) is 6.54. The Morgan fingerprint density at radius 1 is 1.04 bits per heavy atom. The molecule has 4 rings (SSSR count). The van der Waals surface area contributed by atoms with Crippen LogP contribution in [-0.2, 0) is 0 Å². The summed E-state index contributed by atoms with van der Waals surface area (Å²) in [5.41, 5.74) is 2.86. The summed E-state index contributed by atoms with van der Waals surface area (Å²) >= 11 is 11.3. The minimum atomic E-state index is 0.476. The lowest BCUT2D eigenvalue weighted by molar-refractivity contribution is 0.405. The highest BCUT2D eigenvalue weighted by Crippen LogP contribution is 2.41. The largest absolute Gasteiger partial charge is 0.495 e. The number of methoxy groups -OCH3 is 2. The smallest absolute Gasteiger partial charge is 0.144 e. The van der Waals surface area contributed by atoms with Gasteiger partial charge in [0, 0.05) is 27.5 Å². The highest BCUT2D eigenvalue weighted by molar-refractivity contribution is 9.10. The molecule has 0 fully saturated rings.